The summed E-state index contributed by atoms with van der Waals surface area (Å²) in [5, 5.41) is 12.6. The van der Waals surface area contributed by atoms with Crippen molar-refractivity contribution in [1.82, 2.24) is 10.2 Å². The van der Waals surface area contributed by atoms with E-state index in [1.807, 2.05) is 24.3 Å². The molecule has 1 aliphatic rings. The summed E-state index contributed by atoms with van der Waals surface area (Å²) in [4.78, 5) is 14.2. The van der Waals surface area contributed by atoms with Crippen LogP contribution in [0.15, 0.2) is 24.3 Å². The van der Waals surface area contributed by atoms with Crippen molar-refractivity contribution in [3.8, 4) is 5.75 Å². The zero-order valence-corrected chi connectivity index (χ0v) is 13.3. The summed E-state index contributed by atoms with van der Waals surface area (Å²) in [6.45, 7) is 3.17. The lowest BCUT2D eigenvalue weighted by Crippen LogP contribution is -2.31. The summed E-state index contributed by atoms with van der Waals surface area (Å²) in [5.41, 5.74) is 1.06. The van der Waals surface area contributed by atoms with Gasteiger partial charge in [0.05, 0.1) is 13.2 Å². The average molecular weight is 306 g/mol. The van der Waals surface area contributed by atoms with Crippen LogP contribution in [0.3, 0.4) is 0 Å². The normalized spacial score (nSPS) is 19.5. The fourth-order valence-electron chi connectivity index (χ4n) is 2.65. The standard InChI is InChI=1S/C17H26N2O3/c1-22-16-6-4-14(5-7-16)13-18-17(21)9-12-19-10-2-3-15(20)8-11-19/h4-7,15,20H,2-3,8-13H2,1H3,(H,18,21). The van der Waals surface area contributed by atoms with Crippen molar-refractivity contribution in [2.24, 2.45) is 0 Å². The third kappa shape index (κ3) is 5.66. The van der Waals surface area contributed by atoms with Gasteiger partial charge in [-0.25, -0.2) is 0 Å². The van der Waals surface area contributed by atoms with E-state index in [0.29, 0.717) is 13.0 Å². The van der Waals surface area contributed by atoms with Gasteiger partial charge in [0, 0.05) is 26.1 Å². The molecule has 1 atom stereocenters. The Bertz CT molecular complexity index is 461. The van der Waals surface area contributed by atoms with Crippen LogP contribution in [0.25, 0.3) is 0 Å². The number of ether oxygens (including phenoxy) is 1. The number of nitrogens with one attached hydrogen (secondary N) is 1. The molecule has 5 nitrogen and oxygen atoms in total. The van der Waals surface area contributed by atoms with Gasteiger partial charge in [-0.2, -0.15) is 0 Å². The van der Waals surface area contributed by atoms with Crippen molar-refractivity contribution in [2.75, 3.05) is 26.7 Å². The minimum atomic E-state index is -0.172. The number of carbonyl (C=O) groups is 1. The van der Waals surface area contributed by atoms with Gasteiger partial charge in [0.2, 0.25) is 5.91 Å². The Kier molecular flexibility index (Phi) is 6.68. The molecule has 1 saturated heterocycles. The van der Waals surface area contributed by atoms with E-state index in [1.54, 1.807) is 7.11 Å². The van der Waals surface area contributed by atoms with Gasteiger partial charge in [-0.3, -0.25) is 4.79 Å². The van der Waals surface area contributed by atoms with Crippen LogP contribution < -0.4 is 10.1 Å². The highest BCUT2D eigenvalue weighted by Gasteiger charge is 2.15. The van der Waals surface area contributed by atoms with Crippen molar-refractivity contribution in [3.63, 3.8) is 0 Å². The number of hydrogen-bond donors (Lipinski definition) is 2. The molecule has 1 aromatic carbocycles. The van der Waals surface area contributed by atoms with Gasteiger partial charge in [0.25, 0.3) is 0 Å². The Labute approximate surface area is 132 Å². The number of benzene rings is 1. The van der Waals surface area contributed by atoms with E-state index in [1.165, 1.54) is 0 Å². The first-order valence-electron chi connectivity index (χ1n) is 7.97. The molecule has 22 heavy (non-hydrogen) atoms. The molecule has 1 amide bonds. The van der Waals surface area contributed by atoms with E-state index < -0.39 is 0 Å². The molecule has 1 fully saturated rings. The molecular formula is C17H26N2O3. The summed E-state index contributed by atoms with van der Waals surface area (Å²) >= 11 is 0. The molecule has 1 aromatic rings. The SMILES string of the molecule is COc1ccc(CNC(=O)CCN2CCCC(O)CC2)cc1. The second-order valence-electron chi connectivity index (χ2n) is 5.80. The van der Waals surface area contributed by atoms with Crippen LogP contribution >= 0.6 is 0 Å². The molecule has 0 aliphatic carbocycles. The minimum absolute atomic E-state index is 0.0700. The smallest absolute Gasteiger partial charge is 0.221 e. The number of rotatable bonds is 6. The highest BCUT2D eigenvalue weighted by Crippen LogP contribution is 2.12. The van der Waals surface area contributed by atoms with Crippen LogP contribution in [0.1, 0.15) is 31.2 Å². The molecule has 1 heterocycles. The lowest BCUT2D eigenvalue weighted by molar-refractivity contribution is -0.121. The average Bonchev–Trinajstić information content (AvgIpc) is 2.76. The first-order chi connectivity index (χ1) is 10.7. The molecule has 0 bridgehead atoms. The fourth-order valence-corrected chi connectivity index (χ4v) is 2.65. The summed E-state index contributed by atoms with van der Waals surface area (Å²) in [7, 11) is 1.64. The van der Waals surface area contributed by atoms with Crippen LogP contribution in [-0.2, 0) is 11.3 Å². The molecule has 2 rings (SSSR count). The van der Waals surface area contributed by atoms with Crippen LogP contribution in [0.5, 0.6) is 5.75 Å². The zero-order chi connectivity index (χ0) is 15.8. The molecule has 2 N–H and O–H groups in total. The summed E-state index contributed by atoms with van der Waals surface area (Å²) in [5.74, 6) is 0.888. The summed E-state index contributed by atoms with van der Waals surface area (Å²) in [6.07, 6.45) is 3.03. The molecule has 5 heteroatoms. The Morgan fingerprint density at radius 3 is 2.82 bits per heavy atom. The van der Waals surface area contributed by atoms with E-state index in [2.05, 4.69) is 10.2 Å². The fraction of sp³-hybridized carbons (Fsp3) is 0.588. The van der Waals surface area contributed by atoms with Gasteiger partial charge >= 0.3 is 0 Å². The number of nitrogens with zero attached hydrogens (tertiary/aromatic N) is 1. The molecule has 0 aromatic heterocycles. The second-order valence-corrected chi connectivity index (χ2v) is 5.80. The maximum atomic E-state index is 11.9. The Hall–Kier alpha value is -1.59. The number of carbonyl (C=O) groups excluding carboxylic acids is 1. The topological polar surface area (TPSA) is 61.8 Å². The van der Waals surface area contributed by atoms with Crippen molar-refractivity contribution >= 4 is 5.91 Å². The van der Waals surface area contributed by atoms with Gasteiger partial charge in [-0.1, -0.05) is 12.1 Å². The number of aliphatic hydroxyl groups excluding tert-OH is 1. The third-order valence-electron chi connectivity index (χ3n) is 4.09. The van der Waals surface area contributed by atoms with E-state index >= 15 is 0 Å². The van der Waals surface area contributed by atoms with Gasteiger partial charge in [-0.05, 0) is 43.5 Å². The quantitative estimate of drug-likeness (QED) is 0.837. The number of aliphatic hydroxyl groups is 1. The van der Waals surface area contributed by atoms with Gasteiger partial charge in [0.15, 0.2) is 0 Å². The number of hydrogen-bond acceptors (Lipinski definition) is 4. The van der Waals surface area contributed by atoms with Crippen LogP contribution in [0.4, 0.5) is 0 Å². The third-order valence-corrected chi connectivity index (χ3v) is 4.09. The van der Waals surface area contributed by atoms with Crippen molar-refractivity contribution in [2.45, 2.75) is 38.3 Å². The van der Waals surface area contributed by atoms with Crippen molar-refractivity contribution in [1.29, 1.82) is 0 Å². The highest BCUT2D eigenvalue weighted by molar-refractivity contribution is 5.76. The number of amides is 1. The molecule has 1 unspecified atom stereocenters. The predicted molar refractivity (Wildman–Crippen MR) is 85.8 cm³/mol. The Morgan fingerprint density at radius 1 is 1.32 bits per heavy atom. The van der Waals surface area contributed by atoms with E-state index in [9.17, 15) is 9.90 Å². The maximum Gasteiger partial charge on any atom is 0.221 e. The zero-order valence-electron chi connectivity index (χ0n) is 13.3. The van der Waals surface area contributed by atoms with Crippen molar-refractivity contribution in [3.05, 3.63) is 29.8 Å². The van der Waals surface area contributed by atoms with E-state index in [0.717, 1.165) is 50.2 Å². The van der Waals surface area contributed by atoms with E-state index in [-0.39, 0.29) is 12.0 Å². The Morgan fingerprint density at radius 2 is 2.09 bits per heavy atom. The lowest BCUT2D eigenvalue weighted by Gasteiger charge is -2.19. The van der Waals surface area contributed by atoms with Gasteiger partial charge < -0.3 is 20.1 Å². The second kappa shape index (κ2) is 8.76. The lowest BCUT2D eigenvalue weighted by atomic mass is 10.2. The summed E-state index contributed by atoms with van der Waals surface area (Å²) in [6, 6.07) is 7.69. The van der Waals surface area contributed by atoms with Crippen LogP contribution in [0, 0.1) is 0 Å². The molecule has 122 valence electrons. The number of likely N-dealkylation sites (tertiary alicyclic amines) is 1. The first kappa shape index (κ1) is 16.8. The number of methoxy groups -OCH3 is 1. The molecule has 0 saturated carbocycles. The van der Waals surface area contributed by atoms with Crippen LogP contribution in [0.2, 0.25) is 0 Å². The predicted octanol–water partition coefficient (Wildman–Crippen LogP) is 1.55. The van der Waals surface area contributed by atoms with Gasteiger partial charge in [-0.15, -0.1) is 0 Å². The van der Waals surface area contributed by atoms with E-state index in [4.69, 9.17) is 4.74 Å². The first-order valence-corrected chi connectivity index (χ1v) is 7.97. The van der Waals surface area contributed by atoms with Crippen molar-refractivity contribution < 1.29 is 14.6 Å². The monoisotopic (exact) mass is 306 g/mol. The molecule has 0 spiro atoms. The molecule has 1 aliphatic heterocycles. The maximum absolute atomic E-state index is 11.9. The summed E-state index contributed by atoms with van der Waals surface area (Å²) < 4.78 is 5.11. The van der Waals surface area contributed by atoms with Crippen LogP contribution in [-0.4, -0.2) is 48.8 Å². The van der Waals surface area contributed by atoms with Gasteiger partial charge in [0.1, 0.15) is 5.75 Å². The Balaban J connectivity index is 1.66. The minimum Gasteiger partial charge on any atom is -0.497 e. The molecule has 0 radical (unpaired) electrons. The largest absolute Gasteiger partial charge is 0.497 e. The highest BCUT2D eigenvalue weighted by atomic mass is 16.5. The molecular weight excluding hydrogens is 280 g/mol.